The van der Waals surface area contributed by atoms with Crippen LogP contribution >= 0.6 is 0 Å². The molecule has 112 valence electrons. The molecule has 0 saturated carbocycles. The third kappa shape index (κ3) is 3.21. The molecule has 1 atom stereocenters. The Balaban J connectivity index is 2.40. The fraction of sp³-hybridized carbons (Fsp3) is 0.200. The first-order valence-electron chi connectivity index (χ1n) is 6.13. The lowest BCUT2D eigenvalue weighted by Gasteiger charge is -2.19. The Hall–Kier alpha value is -1.95. The summed E-state index contributed by atoms with van der Waals surface area (Å²) in [4.78, 5) is 0. The van der Waals surface area contributed by atoms with E-state index in [0.29, 0.717) is 5.56 Å². The van der Waals surface area contributed by atoms with Crippen LogP contribution in [0.25, 0.3) is 0 Å². The van der Waals surface area contributed by atoms with Crippen LogP contribution in [0.15, 0.2) is 42.5 Å². The molecule has 0 amide bonds. The monoisotopic (exact) mass is 301 g/mol. The van der Waals surface area contributed by atoms with Crippen molar-refractivity contribution >= 4 is 0 Å². The van der Waals surface area contributed by atoms with E-state index in [1.165, 1.54) is 31.3 Å². The van der Waals surface area contributed by atoms with Gasteiger partial charge in [-0.15, -0.1) is 0 Å². The van der Waals surface area contributed by atoms with Gasteiger partial charge in [-0.1, -0.05) is 24.3 Å². The first kappa shape index (κ1) is 15.4. The molecule has 0 radical (unpaired) electrons. The van der Waals surface area contributed by atoms with Crippen LogP contribution in [-0.2, 0) is 6.18 Å². The summed E-state index contributed by atoms with van der Waals surface area (Å²) in [6, 6.07) is 7.30. The molecule has 0 aliphatic rings. The average molecular weight is 301 g/mol. The molecule has 0 bridgehead atoms. The lowest BCUT2D eigenvalue weighted by molar-refractivity contribution is -0.137. The minimum absolute atomic E-state index is 0.0391. The largest absolute Gasteiger partial charge is 0.416 e. The summed E-state index contributed by atoms with van der Waals surface area (Å²) in [5.41, 5.74) is -0.340. The molecule has 2 aromatic carbocycles. The third-order valence-corrected chi connectivity index (χ3v) is 3.15. The molecule has 0 heterocycles. The molecule has 1 N–H and O–H groups in total. The van der Waals surface area contributed by atoms with Crippen LogP contribution in [0, 0.1) is 11.6 Å². The molecule has 6 heteroatoms. The van der Waals surface area contributed by atoms with Gasteiger partial charge in [0.05, 0.1) is 11.6 Å². The highest BCUT2D eigenvalue weighted by atomic mass is 19.4. The van der Waals surface area contributed by atoms with Crippen molar-refractivity contribution in [1.82, 2.24) is 5.32 Å². The smallest absolute Gasteiger partial charge is 0.309 e. The highest BCUT2D eigenvalue weighted by Crippen LogP contribution is 2.31. The Morgan fingerprint density at radius 2 is 1.57 bits per heavy atom. The number of rotatable bonds is 3. The van der Waals surface area contributed by atoms with Gasteiger partial charge in [0, 0.05) is 5.56 Å². The third-order valence-electron chi connectivity index (χ3n) is 3.15. The summed E-state index contributed by atoms with van der Waals surface area (Å²) in [6.07, 6.45) is -4.43. The van der Waals surface area contributed by atoms with Crippen molar-refractivity contribution in [2.45, 2.75) is 12.2 Å². The van der Waals surface area contributed by atoms with Gasteiger partial charge < -0.3 is 5.32 Å². The van der Waals surface area contributed by atoms with Gasteiger partial charge in [0.15, 0.2) is 11.6 Å². The molecule has 1 nitrogen and oxygen atoms in total. The van der Waals surface area contributed by atoms with E-state index in [1.54, 1.807) is 0 Å². The minimum Gasteiger partial charge on any atom is -0.309 e. The number of nitrogens with one attached hydrogen (secondary N) is 1. The number of hydrogen-bond acceptors (Lipinski definition) is 1. The molecule has 2 rings (SSSR count). The minimum atomic E-state index is -4.43. The number of halogens is 5. The Bertz CT molecular complexity index is 619. The Kier molecular flexibility index (Phi) is 4.27. The van der Waals surface area contributed by atoms with E-state index in [2.05, 4.69) is 5.32 Å². The van der Waals surface area contributed by atoms with E-state index in [-0.39, 0.29) is 5.56 Å². The number of alkyl halides is 3. The molecule has 0 spiro atoms. The Labute approximate surface area is 118 Å². The first-order chi connectivity index (χ1) is 9.84. The van der Waals surface area contributed by atoms with Crippen molar-refractivity contribution in [3.05, 3.63) is 70.8 Å². The van der Waals surface area contributed by atoms with E-state index in [1.807, 2.05) is 0 Å². The molecule has 2 aromatic rings. The average Bonchev–Trinajstić information content (AvgIpc) is 2.44. The molecular weight excluding hydrogens is 289 g/mol. The molecule has 21 heavy (non-hydrogen) atoms. The molecule has 0 aliphatic carbocycles. The van der Waals surface area contributed by atoms with Gasteiger partial charge in [-0.05, 0) is 30.8 Å². The zero-order chi connectivity index (χ0) is 15.6. The van der Waals surface area contributed by atoms with Crippen LogP contribution in [-0.4, -0.2) is 7.05 Å². The van der Waals surface area contributed by atoms with Gasteiger partial charge in [0.25, 0.3) is 0 Å². The van der Waals surface area contributed by atoms with Gasteiger partial charge in [-0.3, -0.25) is 0 Å². The van der Waals surface area contributed by atoms with Crippen molar-refractivity contribution in [3.63, 3.8) is 0 Å². The molecular formula is C15H12F5N. The van der Waals surface area contributed by atoms with Crippen LogP contribution in [0.5, 0.6) is 0 Å². The SMILES string of the molecule is CNC(c1ccc(C(F)(F)F)cc1)c1cccc(F)c1F. The molecule has 0 saturated heterocycles. The fourth-order valence-electron chi connectivity index (χ4n) is 2.11. The number of hydrogen-bond donors (Lipinski definition) is 1. The highest BCUT2D eigenvalue weighted by molar-refractivity contribution is 5.35. The second-order valence-electron chi connectivity index (χ2n) is 4.48. The second kappa shape index (κ2) is 5.81. The van der Waals surface area contributed by atoms with Crippen LogP contribution in [0.2, 0.25) is 0 Å². The molecule has 0 fully saturated rings. The van der Waals surface area contributed by atoms with Gasteiger partial charge in [-0.25, -0.2) is 8.78 Å². The summed E-state index contributed by atoms with van der Waals surface area (Å²) >= 11 is 0. The van der Waals surface area contributed by atoms with Crippen molar-refractivity contribution in [1.29, 1.82) is 0 Å². The van der Waals surface area contributed by atoms with Crippen molar-refractivity contribution in [3.8, 4) is 0 Å². The lowest BCUT2D eigenvalue weighted by atomic mass is 9.97. The van der Waals surface area contributed by atoms with Crippen molar-refractivity contribution < 1.29 is 22.0 Å². The predicted molar refractivity (Wildman–Crippen MR) is 68.7 cm³/mol. The Morgan fingerprint density at radius 3 is 2.10 bits per heavy atom. The van der Waals surface area contributed by atoms with Crippen molar-refractivity contribution in [2.24, 2.45) is 0 Å². The van der Waals surface area contributed by atoms with E-state index >= 15 is 0 Å². The highest BCUT2D eigenvalue weighted by Gasteiger charge is 2.30. The van der Waals surface area contributed by atoms with E-state index < -0.39 is 29.4 Å². The topological polar surface area (TPSA) is 12.0 Å². The van der Waals surface area contributed by atoms with E-state index in [4.69, 9.17) is 0 Å². The quantitative estimate of drug-likeness (QED) is 0.834. The van der Waals surface area contributed by atoms with Crippen LogP contribution in [0.3, 0.4) is 0 Å². The van der Waals surface area contributed by atoms with E-state index in [0.717, 1.165) is 18.2 Å². The second-order valence-corrected chi connectivity index (χ2v) is 4.48. The van der Waals surface area contributed by atoms with Gasteiger partial charge in [0.2, 0.25) is 0 Å². The number of benzene rings is 2. The van der Waals surface area contributed by atoms with Crippen molar-refractivity contribution in [2.75, 3.05) is 7.05 Å². The lowest BCUT2D eigenvalue weighted by Crippen LogP contribution is -2.19. The predicted octanol–water partition coefficient (Wildman–Crippen LogP) is 4.29. The van der Waals surface area contributed by atoms with Gasteiger partial charge in [-0.2, -0.15) is 13.2 Å². The Morgan fingerprint density at radius 1 is 0.952 bits per heavy atom. The van der Waals surface area contributed by atoms with Crippen LogP contribution in [0.1, 0.15) is 22.7 Å². The first-order valence-corrected chi connectivity index (χ1v) is 6.13. The molecule has 1 unspecified atom stereocenters. The maximum absolute atomic E-state index is 13.8. The van der Waals surface area contributed by atoms with Gasteiger partial charge >= 0.3 is 6.18 Å². The summed E-state index contributed by atoms with van der Waals surface area (Å²) in [6.45, 7) is 0. The zero-order valence-electron chi connectivity index (χ0n) is 11.0. The summed E-state index contributed by atoms with van der Waals surface area (Å²) < 4.78 is 64.6. The van der Waals surface area contributed by atoms with Crippen LogP contribution in [0.4, 0.5) is 22.0 Å². The molecule has 0 aromatic heterocycles. The van der Waals surface area contributed by atoms with E-state index in [9.17, 15) is 22.0 Å². The summed E-state index contributed by atoms with van der Waals surface area (Å²) in [5.74, 6) is -2.02. The maximum atomic E-state index is 13.8. The standard InChI is InChI=1S/C15H12F5N/c1-21-14(11-3-2-4-12(16)13(11)17)9-5-7-10(8-6-9)15(18,19)20/h2-8,14,21H,1H3. The fourth-order valence-corrected chi connectivity index (χ4v) is 2.11. The normalized spacial score (nSPS) is 13.2. The summed E-state index contributed by atoms with van der Waals surface area (Å²) in [7, 11) is 1.52. The maximum Gasteiger partial charge on any atom is 0.416 e. The van der Waals surface area contributed by atoms with Crippen LogP contribution < -0.4 is 5.32 Å². The van der Waals surface area contributed by atoms with Gasteiger partial charge in [0.1, 0.15) is 0 Å². The molecule has 0 aliphatic heterocycles. The zero-order valence-corrected chi connectivity index (χ0v) is 11.0. The summed E-state index contributed by atoms with van der Waals surface area (Å²) in [5, 5.41) is 2.77.